The number of aromatic nitrogens is 1. The summed E-state index contributed by atoms with van der Waals surface area (Å²) in [6, 6.07) is 4.26. The Kier molecular flexibility index (Phi) is 4.02. The molecule has 2 atom stereocenters. The molecule has 3 nitrogen and oxygen atoms in total. The van der Waals surface area contributed by atoms with Crippen molar-refractivity contribution in [1.82, 2.24) is 4.98 Å². The first-order valence-corrected chi connectivity index (χ1v) is 6.15. The summed E-state index contributed by atoms with van der Waals surface area (Å²) in [6.45, 7) is 3.01. The Morgan fingerprint density at radius 3 is 3.12 bits per heavy atom. The zero-order valence-corrected chi connectivity index (χ0v) is 10.2. The molecule has 0 spiro atoms. The van der Waals surface area contributed by atoms with Gasteiger partial charge in [0.1, 0.15) is 5.15 Å². The van der Waals surface area contributed by atoms with Crippen LogP contribution in [0.25, 0.3) is 0 Å². The topological polar surface area (TPSA) is 34.2 Å². The van der Waals surface area contributed by atoms with Crippen molar-refractivity contribution < 1.29 is 4.74 Å². The number of halogens is 1. The quantitative estimate of drug-likeness (QED) is 0.825. The Hall–Kier alpha value is -0.800. The molecule has 2 heterocycles. The summed E-state index contributed by atoms with van der Waals surface area (Å²) in [4.78, 5) is 4.06. The van der Waals surface area contributed by atoms with Gasteiger partial charge in [-0.05, 0) is 31.4 Å². The number of hydrogen-bond donors (Lipinski definition) is 1. The molecule has 1 aliphatic heterocycles. The first-order valence-electron chi connectivity index (χ1n) is 5.77. The van der Waals surface area contributed by atoms with Crippen molar-refractivity contribution in [3.8, 4) is 0 Å². The van der Waals surface area contributed by atoms with E-state index in [1.54, 1.807) is 12.3 Å². The van der Waals surface area contributed by atoms with Crippen LogP contribution in [0, 0.1) is 0 Å². The van der Waals surface area contributed by atoms with Gasteiger partial charge in [-0.3, -0.25) is 0 Å². The largest absolute Gasteiger partial charge is 0.381 e. The SMILES string of the molecule is CCC1CC(Nc2ccc(Cl)nc2)CCO1. The highest BCUT2D eigenvalue weighted by Crippen LogP contribution is 2.20. The average molecular weight is 241 g/mol. The lowest BCUT2D eigenvalue weighted by Gasteiger charge is -2.30. The van der Waals surface area contributed by atoms with E-state index in [-0.39, 0.29) is 0 Å². The number of ether oxygens (including phenoxy) is 1. The van der Waals surface area contributed by atoms with E-state index in [1.807, 2.05) is 6.07 Å². The lowest BCUT2D eigenvalue weighted by molar-refractivity contribution is 0.00925. The molecule has 16 heavy (non-hydrogen) atoms. The van der Waals surface area contributed by atoms with Gasteiger partial charge in [0.05, 0.1) is 18.0 Å². The molecule has 0 aromatic carbocycles. The summed E-state index contributed by atoms with van der Waals surface area (Å²) in [5, 5.41) is 4.00. The fourth-order valence-corrected chi connectivity index (χ4v) is 2.10. The summed E-state index contributed by atoms with van der Waals surface area (Å²) in [5.41, 5.74) is 1.03. The van der Waals surface area contributed by atoms with E-state index in [4.69, 9.17) is 16.3 Å². The van der Waals surface area contributed by atoms with Crippen LogP contribution in [0.2, 0.25) is 5.15 Å². The molecule has 0 radical (unpaired) electrons. The molecular weight excluding hydrogens is 224 g/mol. The van der Waals surface area contributed by atoms with Crippen molar-refractivity contribution in [2.24, 2.45) is 0 Å². The van der Waals surface area contributed by atoms with Gasteiger partial charge >= 0.3 is 0 Å². The smallest absolute Gasteiger partial charge is 0.129 e. The summed E-state index contributed by atoms with van der Waals surface area (Å²) in [7, 11) is 0. The highest BCUT2D eigenvalue weighted by Gasteiger charge is 2.20. The van der Waals surface area contributed by atoms with Gasteiger partial charge in [0.2, 0.25) is 0 Å². The first kappa shape index (κ1) is 11.7. The van der Waals surface area contributed by atoms with Gasteiger partial charge in [-0.25, -0.2) is 4.98 Å². The van der Waals surface area contributed by atoms with Crippen molar-refractivity contribution in [3.05, 3.63) is 23.5 Å². The second-order valence-corrected chi connectivity index (χ2v) is 4.52. The van der Waals surface area contributed by atoms with Crippen molar-refractivity contribution in [2.45, 2.75) is 38.3 Å². The lowest BCUT2D eigenvalue weighted by atomic mass is 10.0. The molecule has 2 rings (SSSR count). The van der Waals surface area contributed by atoms with Gasteiger partial charge in [0.15, 0.2) is 0 Å². The van der Waals surface area contributed by atoms with Crippen LogP contribution in [0.4, 0.5) is 5.69 Å². The molecule has 1 aliphatic rings. The first-order chi connectivity index (χ1) is 7.78. The van der Waals surface area contributed by atoms with E-state index in [1.165, 1.54) is 0 Å². The summed E-state index contributed by atoms with van der Waals surface area (Å²) < 4.78 is 5.64. The minimum absolute atomic E-state index is 0.395. The van der Waals surface area contributed by atoms with E-state index in [0.717, 1.165) is 31.6 Å². The molecule has 88 valence electrons. The zero-order chi connectivity index (χ0) is 11.4. The van der Waals surface area contributed by atoms with Crippen LogP contribution in [0.15, 0.2) is 18.3 Å². The average Bonchev–Trinajstić information content (AvgIpc) is 2.32. The molecule has 4 heteroatoms. The van der Waals surface area contributed by atoms with Crippen LogP contribution in [0.3, 0.4) is 0 Å². The van der Waals surface area contributed by atoms with Crippen molar-refractivity contribution in [1.29, 1.82) is 0 Å². The molecule has 2 unspecified atom stereocenters. The number of nitrogens with zero attached hydrogens (tertiary/aromatic N) is 1. The van der Waals surface area contributed by atoms with Gasteiger partial charge in [-0.1, -0.05) is 18.5 Å². The Labute approximate surface area is 101 Å². The minimum atomic E-state index is 0.395. The van der Waals surface area contributed by atoms with Crippen LogP contribution in [0.5, 0.6) is 0 Å². The number of pyridine rings is 1. The van der Waals surface area contributed by atoms with Crippen LogP contribution < -0.4 is 5.32 Å². The number of nitrogens with one attached hydrogen (secondary N) is 1. The zero-order valence-electron chi connectivity index (χ0n) is 9.45. The molecule has 1 N–H and O–H groups in total. The van der Waals surface area contributed by atoms with E-state index in [9.17, 15) is 0 Å². The summed E-state index contributed by atoms with van der Waals surface area (Å²) >= 11 is 5.74. The van der Waals surface area contributed by atoms with E-state index in [2.05, 4.69) is 17.2 Å². The van der Waals surface area contributed by atoms with E-state index >= 15 is 0 Å². The Balaban J connectivity index is 1.91. The summed E-state index contributed by atoms with van der Waals surface area (Å²) in [5.74, 6) is 0. The highest BCUT2D eigenvalue weighted by molar-refractivity contribution is 6.29. The fourth-order valence-electron chi connectivity index (χ4n) is 1.99. The normalized spacial score (nSPS) is 25.4. The standard InChI is InChI=1S/C12H17ClN2O/c1-2-11-7-9(5-6-16-11)15-10-3-4-12(13)14-8-10/h3-4,8-9,11,15H,2,5-7H2,1H3. The molecule has 0 amide bonds. The maximum Gasteiger partial charge on any atom is 0.129 e. The monoisotopic (exact) mass is 240 g/mol. The fraction of sp³-hybridized carbons (Fsp3) is 0.583. The molecule has 0 saturated carbocycles. The van der Waals surface area contributed by atoms with Gasteiger partial charge in [0, 0.05) is 12.6 Å². The van der Waals surface area contributed by atoms with Crippen molar-refractivity contribution >= 4 is 17.3 Å². The van der Waals surface area contributed by atoms with Crippen LogP contribution in [-0.4, -0.2) is 23.7 Å². The molecule has 1 saturated heterocycles. The van der Waals surface area contributed by atoms with Crippen LogP contribution >= 0.6 is 11.6 Å². The van der Waals surface area contributed by atoms with Gasteiger partial charge in [-0.15, -0.1) is 0 Å². The third-order valence-corrected chi connectivity index (χ3v) is 3.14. The highest BCUT2D eigenvalue weighted by atomic mass is 35.5. The maximum absolute atomic E-state index is 5.74. The Morgan fingerprint density at radius 1 is 1.56 bits per heavy atom. The Bertz CT molecular complexity index is 328. The predicted molar refractivity (Wildman–Crippen MR) is 65.9 cm³/mol. The van der Waals surface area contributed by atoms with Crippen LogP contribution in [-0.2, 0) is 4.74 Å². The lowest BCUT2D eigenvalue weighted by Crippen LogP contribution is -2.33. The van der Waals surface area contributed by atoms with E-state index < -0.39 is 0 Å². The van der Waals surface area contributed by atoms with Crippen LogP contribution in [0.1, 0.15) is 26.2 Å². The number of hydrogen-bond acceptors (Lipinski definition) is 3. The molecule has 1 aromatic heterocycles. The molecule has 0 aliphatic carbocycles. The van der Waals surface area contributed by atoms with Crippen molar-refractivity contribution in [3.63, 3.8) is 0 Å². The number of rotatable bonds is 3. The van der Waals surface area contributed by atoms with E-state index in [0.29, 0.717) is 17.3 Å². The van der Waals surface area contributed by atoms with Gasteiger partial charge in [0.25, 0.3) is 0 Å². The molecule has 1 fully saturated rings. The molecule has 0 bridgehead atoms. The molecule has 1 aromatic rings. The second kappa shape index (κ2) is 5.51. The minimum Gasteiger partial charge on any atom is -0.381 e. The van der Waals surface area contributed by atoms with Crippen molar-refractivity contribution in [2.75, 3.05) is 11.9 Å². The van der Waals surface area contributed by atoms with Gasteiger partial charge < -0.3 is 10.1 Å². The summed E-state index contributed by atoms with van der Waals surface area (Å²) in [6.07, 6.45) is 5.38. The second-order valence-electron chi connectivity index (χ2n) is 4.14. The molecular formula is C12H17ClN2O. The van der Waals surface area contributed by atoms with Gasteiger partial charge in [-0.2, -0.15) is 0 Å². The maximum atomic E-state index is 5.74. The third kappa shape index (κ3) is 3.09. The number of anilines is 1. The predicted octanol–water partition coefficient (Wildman–Crippen LogP) is 3.10. The third-order valence-electron chi connectivity index (χ3n) is 2.92. The Morgan fingerprint density at radius 2 is 2.44 bits per heavy atom.